The summed E-state index contributed by atoms with van der Waals surface area (Å²) >= 11 is 0. The molecule has 0 aromatic carbocycles. The summed E-state index contributed by atoms with van der Waals surface area (Å²) in [6, 6.07) is 0. The van der Waals surface area contributed by atoms with Crippen molar-refractivity contribution in [3.63, 3.8) is 0 Å². The summed E-state index contributed by atoms with van der Waals surface area (Å²) < 4.78 is 1.99. The van der Waals surface area contributed by atoms with Gasteiger partial charge in [-0.2, -0.15) is 0 Å². The van der Waals surface area contributed by atoms with E-state index in [1.165, 1.54) is 5.57 Å². The number of allylic oxidation sites excluding steroid dienone is 1. The van der Waals surface area contributed by atoms with Gasteiger partial charge in [0.2, 0.25) is 0 Å². The first-order valence-corrected chi connectivity index (χ1v) is 11.4. The highest BCUT2D eigenvalue weighted by molar-refractivity contribution is 5.32. The topological polar surface area (TPSA) is 78.5 Å². The molecule has 1 aromatic rings. The van der Waals surface area contributed by atoms with Gasteiger partial charge in [-0.15, -0.1) is 0 Å². The second-order valence-corrected chi connectivity index (χ2v) is 10.9. The zero-order valence-electron chi connectivity index (χ0n) is 18.3. The van der Waals surface area contributed by atoms with E-state index >= 15 is 0 Å². The molecule has 5 rings (SSSR count). The number of hydrogen-bond donors (Lipinski definition) is 3. The van der Waals surface area contributed by atoms with Crippen molar-refractivity contribution in [2.75, 3.05) is 0 Å². The van der Waals surface area contributed by atoms with E-state index in [2.05, 4.69) is 24.9 Å². The predicted octanol–water partition coefficient (Wildman–Crippen LogP) is 3.35. The number of hydrogen-bond acceptors (Lipinski definition) is 4. The van der Waals surface area contributed by atoms with Crippen LogP contribution < -0.4 is 0 Å². The first-order valence-electron chi connectivity index (χ1n) is 11.4. The van der Waals surface area contributed by atoms with Crippen molar-refractivity contribution < 1.29 is 15.3 Å². The SMILES string of the molecule is Cc1ncc(C2(O)CC[C@@]3(O)[C@@H]4CCC5=CC(O)CC[C@]5(C)[C@@H]4CC[C@]23C)n1C. The third kappa shape index (κ3) is 2.25. The minimum absolute atomic E-state index is 0.0725. The van der Waals surface area contributed by atoms with E-state index in [0.717, 1.165) is 50.0 Å². The van der Waals surface area contributed by atoms with Gasteiger partial charge in [0.1, 0.15) is 11.4 Å². The Morgan fingerprint density at radius 3 is 2.48 bits per heavy atom. The van der Waals surface area contributed by atoms with Crippen molar-refractivity contribution in [1.29, 1.82) is 0 Å². The number of aryl methyl sites for hydroxylation is 1. The maximum atomic E-state index is 12.3. The van der Waals surface area contributed by atoms with Gasteiger partial charge in [0, 0.05) is 12.5 Å². The van der Waals surface area contributed by atoms with Crippen LogP contribution in [0.4, 0.5) is 0 Å². The van der Waals surface area contributed by atoms with Gasteiger partial charge in [-0.1, -0.05) is 25.5 Å². The molecule has 7 atom stereocenters. The molecule has 5 heteroatoms. The number of rotatable bonds is 1. The highest BCUT2D eigenvalue weighted by Gasteiger charge is 2.72. The molecule has 0 aliphatic heterocycles. The largest absolute Gasteiger partial charge is 0.389 e. The third-order valence-corrected chi connectivity index (χ3v) is 10.1. The summed E-state index contributed by atoms with van der Waals surface area (Å²) in [5.41, 5.74) is -0.179. The number of aliphatic hydroxyl groups is 3. The molecule has 1 heterocycles. The van der Waals surface area contributed by atoms with Crippen LogP contribution in [0.2, 0.25) is 0 Å². The average molecular weight is 401 g/mol. The van der Waals surface area contributed by atoms with E-state index in [-0.39, 0.29) is 17.4 Å². The van der Waals surface area contributed by atoms with Crippen LogP contribution in [-0.4, -0.2) is 36.6 Å². The van der Waals surface area contributed by atoms with Crippen LogP contribution in [0.5, 0.6) is 0 Å². The minimum Gasteiger partial charge on any atom is -0.389 e. The average Bonchev–Trinajstić information content (AvgIpc) is 3.12. The first kappa shape index (κ1) is 19.8. The Hall–Kier alpha value is -1.17. The van der Waals surface area contributed by atoms with Gasteiger partial charge in [0.25, 0.3) is 0 Å². The molecule has 4 aliphatic carbocycles. The molecule has 3 fully saturated rings. The molecule has 2 unspecified atom stereocenters. The summed E-state index contributed by atoms with van der Waals surface area (Å²) in [6.07, 6.45) is 10.4. The Morgan fingerprint density at radius 1 is 1.03 bits per heavy atom. The summed E-state index contributed by atoms with van der Waals surface area (Å²) in [5.74, 6) is 1.51. The molecule has 0 spiro atoms. The van der Waals surface area contributed by atoms with E-state index in [1.54, 1.807) is 0 Å². The Morgan fingerprint density at radius 2 is 1.79 bits per heavy atom. The highest BCUT2D eigenvalue weighted by Crippen LogP contribution is 2.71. The van der Waals surface area contributed by atoms with Crippen LogP contribution in [0.15, 0.2) is 17.8 Å². The summed E-state index contributed by atoms with van der Waals surface area (Å²) in [5, 5.41) is 34.4. The first-order chi connectivity index (χ1) is 13.6. The maximum Gasteiger partial charge on any atom is 0.114 e. The number of nitrogens with zero attached hydrogens (tertiary/aromatic N) is 2. The van der Waals surface area contributed by atoms with Crippen molar-refractivity contribution in [3.8, 4) is 0 Å². The summed E-state index contributed by atoms with van der Waals surface area (Å²) in [7, 11) is 1.97. The molecule has 0 saturated heterocycles. The van der Waals surface area contributed by atoms with E-state index in [4.69, 9.17) is 0 Å². The fourth-order valence-corrected chi connectivity index (χ4v) is 7.99. The molecule has 4 aliphatic rings. The second kappa shape index (κ2) is 5.95. The van der Waals surface area contributed by atoms with Crippen LogP contribution in [-0.2, 0) is 12.6 Å². The zero-order valence-corrected chi connectivity index (χ0v) is 18.3. The number of fused-ring (bicyclic) bond motifs is 5. The van der Waals surface area contributed by atoms with Crippen LogP contribution in [0.1, 0.15) is 76.7 Å². The Labute approximate surface area is 173 Å². The summed E-state index contributed by atoms with van der Waals surface area (Å²) in [6.45, 7) is 6.44. The molecule has 0 bridgehead atoms. The lowest BCUT2D eigenvalue weighted by molar-refractivity contribution is -0.223. The minimum atomic E-state index is -1.05. The van der Waals surface area contributed by atoms with Crippen molar-refractivity contribution in [2.24, 2.45) is 29.7 Å². The lowest BCUT2D eigenvalue weighted by atomic mass is 9.44. The number of imidazole rings is 1. The summed E-state index contributed by atoms with van der Waals surface area (Å²) in [4.78, 5) is 4.44. The van der Waals surface area contributed by atoms with E-state index in [9.17, 15) is 15.3 Å². The zero-order chi connectivity index (χ0) is 20.8. The van der Waals surface area contributed by atoms with Crippen molar-refractivity contribution in [1.82, 2.24) is 9.55 Å². The van der Waals surface area contributed by atoms with Gasteiger partial charge >= 0.3 is 0 Å². The molecule has 29 heavy (non-hydrogen) atoms. The van der Waals surface area contributed by atoms with Crippen LogP contribution in [0, 0.1) is 29.6 Å². The van der Waals surface area contributed by atoms with Gasteiger partial charge in [0.05, 0.1) is 23.6 Å². The van der Waals surface area contributed by atoms with E-state index < -0.39 is 16.6 Å². The Bertz CT molecular complexity index is 877. The van der Waals surface area contributed by atoms with Gasteiger partial charge in [-0.05, 0) is 75.5 Å². The molecule has 0 amide bonds. The quantitative estimate of drug-likeness (QED) is 0.632. The van der Waals surface area contributed by atoms with Crippen LogP contribution in [0.3, 0.4) is 0 Å². The van der Waals surface area contributed by atoms with E-state index in [0.29, 0.717) is 18.8 Å². The smallest absolute Gasteiger partial charge is 0.114 e. The highest BCUT2D eigenvalue weighted by atomic mass is 16.3. The van der Waals surface area contributed by atoms with Gasteiger partial charge in [-0.25, -0.2) is 4.98 Å². The molecule has 5 nitrogen and oxygen atoms in total. The normalized spacial score (nSPS) is 49.2. The predicted molar refractivity (Wildman–Crippen MR) is 111 cm³/mol. The fourth-order valence-electron chi connectivity index (χ4n) is 7.99. The van der Waals surface area contributed by atoms with Gasteiger partial charge in [0.15, 0.2) is 0 Å². The van der Waals surface area contributed by atoms with Gasteiger partial charge in [-0.3, -0.25) is 0 Å². The van der Waals surface area contributed by atoms with Gasteiger partial charge < -0.3 is 19.9 Å². The lowest BCUT2D eigenvalue weighted by Gasteiger charge is -2.62. The fraction of sp³-hybridized carbons (Fsp3) is 0.792. The van der Waals surface area contributed by atoms with Crippen molar-refractivity contribution >= 4 is 0 Å². The molecule has 160 valence electrons. The Balaban J connectivity index is 1.56. The standard InChI is InChI=1S/C24H36N2O3/c1-15-25-14-20(26(15)4)24(29)12-11-23(28)19-6-5-16-13-17(27)7-9-21(16,2)18(19)8-10-22(23,24)3/h13-14,17-19,27-29H,5-12H2,1-4H3/t17?,18-,19-,21+,22+,23-,24?/m1/s1. The monoisotopic (exact) mass is 400 g/mol. The maximum absolute atomic E-state index is 12.3. The molecule has 0 radical (unpaired) electrons. The second-order valence-electron chi connectivity index (χ2n) is 10.9. The van der Waals surface area contributed by atoms with Crippen LogP contribution >= 0.6 is 0 Å². The lowest BCUT2D eigenvalue weighted by Crippen LogP contribution is -2.63. The van der Waals surface area contributed by atoms with Crippen LogP contribution in [0.25, 0.3) is 0 Å². The van der Waals surface area contributed by atoms with Crippen molar-refractivity contribution in [2.45, 2.75) is 89.4 Å². The third-order valence-electron chi connectivity index (χ3n) is 10.1. The molecule has 3 saturated carbocycles. The molecular formula is C24H36N2O3. The molecule has 1 aromatic heterocycles. The molecule has 3 N–H and O–H groups in total. The number of aliphatic hydroxyl groups excluding tert-OH is 1. The van der Waals surface area contributed by atoms with Crippen molar-refractivity contribution in [3.05, 3.63) is 29.4 Å². The number of aromatic nitrogens is 2. The molecular weight excluding hydrogens is 364 g/mol. The Kier molecular flexibility index (Phi) is 4.06. The van der Waals surface area contributed by atoms with E-state index in [1.807, 2.05) is 24.7 Å².